The summed E-state index contributed by atoms with van der Waals surface area (Å²) < 4.78 is 10.7. The minimum Gasteiger partial charge on any atom is -0.439 e. The number of rotatable bonds is 4. The van der Waals surface area contributed by atoms with Crippen LogP contribution in [0.4, 0.5) is 0 Å². The van der Waals surface area contributed by atoms with Crippen LogP contribution in [-0.4, -0.2) is 18.7 Å². The normalized spacial score (nSPS) is 13.9. The van der Waals surface area contributed by atoms with E-state index >= 15 is 0 Å². The van der Waals surface area contributed by atoms with E-state index in [1.165, 1.54) is 5.56 Å². The molecule has 2 rings (SSSR count). The number of aromatic nitrogens is 1. The van der Waals surface area contributed by atoms with Gasteiger partial charge >= 0.3 is 0 Å². The molecule has 4 nitrogen and oxygen atoms in total. The van der Waals surface area contributed by atoms with E-state index in [9.17, 15) is 0 Å². The van der Waals surface area contributed by atoms with Crippen molar-refractivity contribution in [2.24, 2.45) is 5.73 Å². The van der Waals surface area contributed by atoms with Crippen molar-refractivity contribution in [3.05, 3.63) is 29.7 Å². The van der Waals surface area contributed by atoms with Crippen molar-refractivity contribution in [3.63, 3.8) is 0 Å². The van der Waals surface area contributed by atoms with Crippen molar-refractivity contribution in [2.75, 3.05) is 13.7 Å². The van der Waals surface area contributed by atoms with Gasteiger partial charge in [-0.3, -0.25) is 0 Å². The van der Waals surface area contributed by atoms with Crippen molar-refractivity contribution < 1.29 is 9.15 Å². The van der Waals surface area contributed by atoms with Crippen LogP contribution in [0.15, 0.2) is 22.6 Å². The molecule has 0 aliphatic carbocycles. The van der Waals surface area contributed by atoms with Crippen molar-refractivity contribution in [1.29, 1.82) is 0 Å². The molecule has 1 heterocycles. The third-order valence-corrected chi connectivity index (χ3v) is 3.22. The fourth-order valence-electron chi connectivity index (χ4n) is 1.94. The van der Waals surface area contributed by atoms with Crippen molar-refractivity contribution >= 4 is 11.1 Å². The van der Waals surface area contributed by atoms with Crippen LogP contribution in [0.25, 0.3) is 11.1 Å². The molecule has 0 aliphatic heterocycles. The molecule has 19 heavy (non-hydrogen) atoms. The molecule has 0 radical (unpaired) electrons. The van der Waals surface area contributed by atoms with Gasteiger partial charge in [0.1, 0.15) is 5.52 Å². The first-order chi connectivity index (χ1) is 8.91. The Hall–Kier alpha value is -1.39. The summed E-state index contributed by atoms with van der Waals surface area (Å²) >= 11 is 0. The smallest absolute Gasteiger partial charge is 0.212 e. The molecule has 0 fully saturated rings. The van der Waals surface area contributed by atoms with Gasteiger partial charge in [0.25, 0.3) is 0 Å². The van der Waals surface area contributed by atoms with Gasteiger partial charge in [-0.1, -0.05) is 26.8 Å². The average molecular weight is 262 g/mol. The van der Waals surface area contributed by atoms with E-state index in [0.717, 1.165) is 11.1 Å². The topological polar surface area (TPSA) is 61.3 Å². The summed E-state index contributed by atoms with van der Waals surface area (Å²) in [5.74, 6) is 0.582. The Morgan fingerprint density at radius 3 is 2.74 bits per heavy atom. The molecule has 0 saturated heterocycles. The predicted octanol–water partition coefficient (Wildman–Crippen LogP) is 3.16. The maximum Gasteiger partial charge on any atom is 0.212 e. The highest BCUT2D eigenvalue weighted by Gasteiger charge is 2.17. The van der Waals surface area contributed by atoms with Gasteiger partial charge in [0.05, 0.1) is 6.04 Å². The van der Waals surface area contributed by atoms with Gasteiger partial charge in [-0.25, -0.2) is 4.98 Å². The first-order valence-corrected chi connectivity index (χ1v) is 6.57. The fraction of sp³-hybridized carbons (Fsp3) is 0.533. The Balaban J connectivity index is 2.30. The zero-order valence-electron chi connectivity index (χ0n) is 12.1. The molecular weight excluding hydrogens is 240 g/mol. The quantitative estimate of drug-likeness (QED) is 0.919. The van der Waals surface area contributed by atoms with Crippen molar-refractivity contribution in [2.45, 2.75) is 38.6 Å². The largest absolute Gasteiger partial charge is 0.439 e. The number of methoxy groups -OCH3 is 1. The average Bonchev–Trinajstić information content (AvgIpc) is 2.77. The molecule has 1 atom stereocenters. The number of nitrogens with zero attached hydrogens (tertiary/aromatic N) is 1. The standard InChI is InChI=1S/C15H22N2O2/c1-15(2,3)10-5-6-13-12(9-10)17-14(19-13)11(16)7-8-18-4/h5-6,9,11H,7-8,16H2,1-4H3. The van der Waals surface area contributed by atoms with E-state index in [-0.39, 0.29) is 11.5 Å². The molecule has 0 aliphatic rings. The molecule has 0 amide bonds. The molecule has 0 saturated carbocycles. The van der Waals surface area contributed by atoms with E-state index in [2.05, 4.69) is 37.9 Å². The maximum atomic E-state index is 6.03. The van der Waals surface area contributed by atoms with E-state index < -0.39 is 0 Å². The van der Waals surface area contributed by atoms with Crippen LogP contribution < -0.4 is 5.73 Å². The van der Waals surface area contributed by atoms with E-state index in [1.807, 2.05) is 6.07 Å². The summed E-state index contributed by atoms with van der Waals surface area (Å²) in [7, 11) is 1.66. The van der Waals surface area contributed by atoms with Crippen LogP contribution in [-0.2, 0) is 10.2 Å². The lowest BCUT2D eigenvalue weighted by molar-refractivity contribution is 0.184. The first-order valence-electron chi connectivity index (χ1n) is 6.57. The van der Waals surface area contributed by atoms with Gasteiger partial charge in [-0.15, -0.1) is 0 Å². The highest BCUT2D eigenvalue weighted by molar-refractivity contribution is 5.73. The molecule has 104 valence electrons. The molecule has 1 aromatic heterocycles. The molecule has 4 heteroatoms. The van der Waals surface area contributed by atoms with E-state index in [1.54, 1.807) is 7.11 Å². The Labute approximate surface area is 114 Å². The Bertz CT molecular complexity index is 555. The number of nitrogens with two attached hydrogens (primary N) is 1. The Kier molecular flexibility index (Phi) is 3.92. The molecule has 0 bridgehead atoms. The van der Waals surface area contributed by atoms with Crippen LogP contribution in [0.3, 0.4) is 0 Å². The number of oxazole rings is 1. The second-order valence-corrected chi connectivity index (χ2v) is 5.87. The molecular formula is C15H22N2O2. The second-order valence-electron chi connectivity index (χ2n) is 5.87. The third kappa shape index (κ3) is 3.14. The number of hydrogen-bond acceptors (Lipinski definition) is 4. The van der Waals surface area contributed by atoms with Crippen molar-refractivity contribution in [1.82, 2.24) is 4.98 Å². The molecule has 1 aromatic carbocycles. The first kappa shape index (κ1) is 14.0. The summed E-state index contributed by atoms with van der Waals surface area (Å²) in [6.07, 6.45) is 0.704. The van der Waals surface area contributed by atoms with Crippen LogP contribution >= 0.6 is 0 Å². The summed E-state index contributed by atoms with van der Waals surface area (Å²) in [6.45, 7) is 7.14. The van der Waals surface area contributed by atoms with Gasteiger partial charge in [0.15, 0.2) is 5.58 Å². The van der Waals surface area contributed by atoms with Crippen LogP contribution in [0, 0.1) is 0 Å². The van der Waals surface area contributed by atoms with Crippen molar-refractivity contribution in [3.8, 4) is 0 Å². The zero-order valence-corrected chi connectivity index (χ0v) is 12.1. The summed E-state index contributed by atoms with van der Waals surface area (Å²) in [5.41, 5.74) is 9.03. The Morgan fingerprint density at radius 2 is 2.11 bits per heavy atom. The van der Waals surface area contributed by atoms with E-state index in [0.29, 0.717) is 18.9 Å². The van der Waals surface area contributed by atoms with Gasteiger partial charge in [-0.2, -0.15) is 0 Å². The maximum absolute atomic E-state index is 6.03. The minimum atomic E-state index is -0.217. The summed E-state index contributed by atoms with van der Waals surface area (Å²) in [6, 6.07) is 5.91. The van der Waals surface area contributed by atoms with Crippen LogP contribution in [0.2, 0.25) is 0 Å². The van der Waals surface area contributed by atoms with Gasteiger partial charge in [0, 0.05) is 13.7 Å². The highest BCUT2D eigenvalue weighted by Crippen LogP contribution is 2.27. The number of benzene rings is 1. The number of ether oxygens (including phenoxy) is 1. The van der Waals surface area contributed by atoms with Crippen LogP contribution in [0.1, 0.15) is 44.7 Å². The van der Waals surface area contributed by atoms with Gasteiger partial charge < -0.3 is 14.9 Å². The molecule has 2 aromatic rings. The minimum absolute atomic E-state index is 0.103. The van der Waals surface area contributed by atoms with Gasteiger partial charge in [-0.05, 0) is 29.5 Å². The predicted molar refractivity (Wildman–Crippen MR) is 76.1 cm³/mol. The number of hydrogen-bond donors (Lipinski definition) is 1. The Morgan fingerprint density at radius 1 is 1.37 bits per heavy atom. The third-order valence-electron chi connectivity index (χ3n) is 3.22. The van der Waals surface area contributed by atoms with E-state index in [4.69, 9.17) is 14.9 Å². The lowest BCUT2D eigenvalue weighted by atomic mass is 9.87. The zero-order chi connectivity index (χ0) is 14.0. The fourth-order valence-corrected chi connectivity index (χ4v) is 1.94. The SMILES string of the molecule is COCCC(N)c1nc2cc(C(C)(C)C)ccc2o1. The lowest BCUT2D eigenvalue weighted by Crippen LogP contribution is -2.12. The molecule has 0 spiro atoms. The molecule has 1 unspecified atom stereocenters. The summed E-state index contributed by atoms with van der Waals surface area (Å²) in [5, 5.41) is 0. The summed E-state index contributed by atoms with van der Waals surface area (Å²) in [4.78, 5) is 4.49. The molecule has 2 N–H and O–H groups in total. The van der Waals surface area contributed by atoms with Crippen LogP contribution in [0.5, 0.6) is 0 Å². The number of fused-ring (bicyclic) bond motifs is 1. The second kappa shape index (κ2) is 5.31. The lowest BCUT2D eigenvalue weighted by Gasteiger charge is -2.18. The highest BCUT2D eigenvalue weighted by atomic mass is 16.5. The van der Waals surface area contributed by atoms with Gasteiger partial charge in [0.2, 0.25) is 5.89 Å². The monoisotopic (exact) mass is 262 g/mol.